The van der Waals surface area contributed by atoms with Crippen LogP contribution in [0.4, 0.5) is 5.82 Å². The van der Waals surface area contributed by atoms with E-state index in [1.807, 2.05) is 60.7 Å². The van der Waals surface area contributed by atoms with Crippen LogP contribution in [-0.2, 0) is 0 Å². The smallest absolute Gasteiger partial charge is 0.171 e. The molecule has 260 valence electrons. The van der Waals surface area contributed by atoms with Gasteiger partial charge in [0, 0.05) is 63.1 Å². The van der Waals surface area contributed by atoms with Crippen LogP contribution in [-0.4, -0.2) is 94.3 Å². The largest absolute Gasteiger partial charge is 1.00 e. The molecule has 6 rings (SSSR count). The summed E-state index contributed by atoms with van der Waals surface area (Å²) in [5.74, 6) is 2.57. The molecule has 0 spiro atoms. The first-order chi connectivity index (χ1) is 23.0. The number of hydrogen-bond donors (Lipinski definition) is 2. The van der Waals surface area contributed by atoms with Crippen LogP contribution < -0.4 is 44.5 Å². The molecule has 2 aromatic heterocycles. The lowest BCUT2D eigenvalue weighted by molar-refractivity contribution is -0.0000106. The van der Waals surface area contributed by atoms with Crippen LogP contribution in [0.1, 0.15) is 25.7 Å². The lowest BCUT2D eigenvalue weighted by Gasteiger charge is -2.32. The summed E-state index contributed by atoms with van der Waals surface area (Å²) < 4.78 is 11.4. The van der Waals surface area contributed by atoms with Gasteiger partial charge in [-0.3, -0.25) is 9.80 Å². The second-order valence-corrected chi connectivity index (χ2v) is 12.2. The van der Waals surface area contributed by atoms with Crippen molar-refractivity contribution in [2.24, 2.45) is 5.73 Å². The van der Waals surface area contributed by atoms with Crippen molar-refractivity contribution in [3.05, 3.63) is 101 Å². The summed E-state index contributed by atoms with van der Waals surface area (Å²) in [5, 5.41) is 4.31. The third kappa shape index (κ3) is 15.4. The molecular weight excluding hydrogens is 786 g/mol. The van der Waals surface area contributed by atoms with Crippen molar-refractivity contribution in [2.45, 2.75) is 37.8 Å². The van der Waals surface area contributed by atoms with Crippen LogP contribution in [0.15, 0.2) is 85.5 Å². The van der Waals surface area contributed by atoms with Gasteiger partial charge in [-0.1, -0.05) is 71.2 Å². The highest BCUT2D eigenvalue weighted by Crippen LogP contribution is 2.20. The zero-order valence-corrected chi connectivity index (χ0v) is 31.2. The molecule has 14 heteroatoms. The van der Waals surface area contributed by atoms with Gasteiger partial charge in [-0.25, -0.2) is 19.9 Å². The zero-order chi connectivity index (χ0) is 33.1. The fourth-order valence-corrected chi connectivity index (χ4v) is 5.38. The summed E-state index contributed by atoms with van der Waals surface area (Å²) in [6.07, 6.45) is 10.6. The van der Waals surface area contributed by atoms with E-state index in [1.165, 1.54) is 12.4 Å². The van der Waals surface area contributed by atoms with Crippen molar-refractivity contribution in [1.29, 1.82) is 0 Å². The van der Waals surface area contributed by atoms with E-state index >= 15 is 0 Å². The van der Waals surface area contributed by atoms with Gasteiger partial charge in [-0.2, -0.15) is 0 Å². The molecule has 2 aliphatic heterocycles. The zero-order valence-electron chi connectivity index (χ0n) is 26.8. The fourth-order valence-electron chi connectivity index (χ4n) is 5.01. The molecular formula is C34H43Cl3IN8O2-. The average Bonchev–Trinajstić information content (AvgIpc) is 3.10. The molecule has 3 N–H and O–H groups in total. The van der Waals surface area contributed by atoms with Gasteiger partial charge in [0.05, 0.1) is 0 Å². The molecule has 0 atom stereocenters. The Kier molecular flexibility index (Phi) is 19.1. The van der Waals surface area contributed by atoms with E-state index in [1.54, 1.807) is 12.4 Å². The highest BCUT2D eigenvalue weighted by Gasteiger charge is 2.20. The van der Waals surface area contributed by atoms with E-state index in [9.17, 15) is 0 Å². The number of anilines is 1. The normalized spacial score (nSPS) is 15.5. The second-order valence-electron chi connectivity index (χ2n) is 11.1. The lowest BCUT2D eigenvalue weighted by atomic mass is 10.1. The Labute approximate surface area is 315 Å². The molecule has 2 aliphatic rings. The van der Waals surface area contributed by atoms with Crippen molar-refractivity contribution in [3.63, 3.8) is 0 Å². The minimum atomic E-state index is 0. The highest BCUT2D eigenvalue weighted by molar-refractivity contribution is 6.40. The summed E-state index contributed by atoms with van der Waals surface area (Å²) in [5.41, 5.74) is 5.86. The van der Waals surface area contributed by atoms with E-state index < -0.39 is 0 Å². The number of benzene rings is 2. The maximum atomic E-state index is 6.04. The van der Waals surface area contributed by atoms with Gasteiger partial charge in [-0.05, 0) is 63.0 Å². The van der Waals surface area contributed by atoms with Gasteiger partial charge in [0.15, 0.2) is 21.3 Å². The van der Waals surface area contributed by atoms with Crippen LogP contribution in [0.25, 0.3) is 0 Å². The van der Waals surface area contributed by atoms with E-state index in [0.29, 0.717) is 23.1 Å². The molecule has 2 saturated heterocycles. The molecule has 0 amide bonds. The minimum Gasteiger partial charge on any atom is -1.00 e. The number of halogens is 4. The van der Waals surface area contributed by atoms with Gasteiger partial charge >= 0.3 is 0 Å². The van der Waals surface area contributed by atoms with Crippen LogP contribution >= 0.6 is 34.8 Å². The van der Waals surface area contributed by atoms with Crippen LogP contribution in [0.5, 0.6) is 11.5 Å². The molecule has 4 heterocycles. The molecule has 0 saturated carbocycles. The van der Waals surface area contributed by atoms with Crippen molar-refractivity contribution >= 4 is 40.6 Å². The van der Waals surface area contributed by atoms with Crippen molar-refractivity contribution in [3.8, 4) is 11.5 Å². The van der Waals surface area contributed by atoms with Crippen LogP contribution in [0, 0.1) is 0 Å². The third-order valence-electron chi connectivity index (χ3n) is 7.67. The Morgan fingerprint density at radius 3 is 1.48 bits per heavy atom. The van der Waals surface area contributed by atoms with E-state index in [2.05, 4.69) is 35.1 Å². The topological polar surface area (TPSA) is 115 Å². The number of para-hydroxylation sites is 2. The number of ether oxygens (including phenoxy) is 2. The molecule has 48 heavy (non-hydrogen) atoms. The number of nitrogens with zero attached hydrogens (tertiary/aromatic N) is 6. The standard InChI is InChI=1S/C17H21ClN4O.C13H20N2O.C4H2Cl2N2.HI/c18-16-17(20-9-8-19-16)21-14-6-10-22(11-7-14)12-13-23-15-4-2-1-3-5-15;14-12-6-8-15(9-7-12)10-11-16-13-4-2-1-3-5-13;5-3-4(6)8-2-1-7-3;/h1-5,8-9,14H,6-7,10-13H2,(H,20,21);1-5,12H,6-11,14H2;1-2H;1H/p-1. The molecule has 2 fully saturated rings. The summed E-state index contributed by atoms with van der Waals surface area (Å²) in [4.78, 5) is 20.4. The number of likely N-dealkylation sites (tertiary alicyclic amines) is 2. The van der Waals surface area contributed by atoms with Crippen molar-refractivity contribution in [2.75, 3.05) is 57.8 Å². The van der Waals surface area contributed by atoms with Crippen molar-refractivity contribution < 1.29 is 33.5 Å². The number of nitrogens with two attached hydrogens (primary N) is 1. The molecule has 0 unspecified atom stereocenters. The maximum absolute atomic E-state index is 6.04. The average molecular weight is 829 g/mol. The number of piperidine rings is 2. The Balaban J connectivity index is 0.000000216. The maximum Gasteiger partial charge on any atom is 0.171 e. The number of aromatic nitrogens is 4. The summed E-state index contributed by atoms with van der Waals surface area (Å²) in [7, 11) is 0. The Hall–Kier alpha value is -2.52. The predicted molar refractivity (Wildman–Crippen MR) is 190 cm³/mol. The highest BCUT2D eigenvalue weighted by atomic mass is 127. The second kappa shape index (κ2) is 23.0. The fraction of sp³-hybridized carbons (Fsp3) is 0.412. The van der Waals surface area contributed by atoms with Gasteiger partial charge < -0.3 is 44.5 Å². The number of hydrogen-bond acceptors (Lipinski definition) is 10. The number of rotatable bonds is 10. The van der Waals surface area contributed by atoms with Gasteiger partial charge in [0.25, 0.3) is 0 Å². The minimum absolute atomic E-state index is 0. The van der Waals surface area contributed by atoms with Crippen LogP contribution in [0.2, 0.25) is 15.5 Å². The first kappa shape index (κ1) is 39.9. The van der Waals surface area contributed by atoms with Gasteiger partial charge in [0.2, 0.25) is 0 Å². The van der Waals surface area contributed by atoms with E-state index in [-0.39, 0.29) is 34.3 Å². The van der Waals surface area contributed by atoms with Crippen LogP contribution in [0.3, 0.4) is 0 Å². The Morgan fingerprint density at radius 1 is 0.625 bits per heavy atom. The van der Waals surface area contributed by atoms with Gasteiger partial charge in [-0.15, -0.1) is 0 Å². The summed E-state index contributed by atoms with van der Waals surface area (Å²) >= 11 is 16.8. The summed E-state index contributed by atoms with van der Waals surface area (Å²) in [6.45, 7) is 7.76. The predicted octanol–water partition coefficient (Wildman–Crippen LogP) is 3.36. The van der Waals surface area contributed by atoms with E-state index in [4.69, 9.17) is 50.0 Å². The molecule has 4 aromatic rings. The summed E-state index contributed by atoms with van der Waals surface area (Å²) in [6, 6.07) is 20.7. The first-order valence-corrected chi connectivity index (χ1v) is 17.0. The molecule has 2 aromatic carbocycles. The Morgan fingerprint density at radius 2 is 1.04 bits per heavy atom. The lowest BCUT2D eigenvalue weighted by Crippen LogP contribution is -3.00. The van der Waals surface area contributed by atoms with Gasteiger partial charge in [0.1, 0.15) is 24.7 Å². The third-order valence-corrected chi connectivity index (χ3v) is 8.59. The van der Waals surface area contributed by atoms with E-state index in [0.717, 1.165) is 89.7 Å². The SMILES string of the molecule is Clc1nccnc1Cl.Clc1nccnc1NC1CCN(CCOc2ccccc2)CC1.NC1CCN(CCOc2ccccc2)CC1.[I-]. The first-order valence-electron chi connectivity index (χ1n) is 15.9. The molecule has 0 radical (unpaired) electrons. The molecule has 0 aliphatic carbocycles. The van der Waals surface area contributed by atoms with Crippen molar-refractivity contribution in [1.82, 2.24) is 29.7 Å². The quantitative estimate of drug-likeness (QED) is 0.231. The molecule has 10 nitrogen and oxygen atoms in total. The monoisotopic (exact) mass is 827 g/mol. The number of nitrogens with one attached hydrogen (secondary N) is 1. The Bertz CT molecular complexity index is 1400. The molecule has 0 bridgehead atoms.